The Morgan fingerprint density at radius 3 is 2.30 bits per heavy atom. The predicted molar refractivity (Wildman–Crippen MR) is 75.4 cm³/mol. The lowest BCUT2D eigenvalue weighted by atomic mass is 9.76. The molecule has 20 heavy (non-hydrogen) atoms. The third-order valence-electron chi connectivity index (χ3n) is 3.39. The SMILES string of the molecule is Cc1cc(OC(F)F)cc(B(O)OC(C)(C)C(C)C)c1. The van der Waals surface area contributed by atoms with Crippen LogP contribution in [0.2, 0.25) is 0 Å². The average molecular weight is 286 g/mol. The Morgan fingerprint density at radius 2 is 1.80 bits per heavy atom. The van der Waals surface area contributed by atoms with Gasteiger partial charge in [-0.25, -0.2) is 0 Å². The van der Waals surface area contributed by atoms with Crippen LogP contribution in [-0.4, -0.2) is 24.4 Å². The topological polar surface area (TPSA) is 38.7 Å². The lowest BCUT2D eigenvalue weighted by molar-refractivity contribution is -0.0498. The van der Waals surface area contributed by atoms with Gasteiger partial charge in [-0.15, -0.1) is 0 Å². The minimum atomic E-state index is -2.89. The first-order chi connectivity index (χ1) is 9.11. The molecular formula is C14H21BF2O3. The number of rotatable bonds is 6. The van der Waals surface area contributed by atoms with Gasteiger partial charge in [-0.05, 0) is 49.8 Å². The zero-order valence-corrected chi connectivity index (χ0v) is 12.5. The summed E-state index contributed by atoms with van der Waals surface area (Å²) >= 11 is 0. The predicted octanol–water partition coefficient (Wildman–Crippen LogP) is 2.74. The van der Waals surface area contributed by atoms with Gasteiger partial charge in [0.05, 0.1) is 5.60 Å². The van der Waals surface area contributed by atoms with Crippen molar-refractivity contribution < 1.29 is 23.2 Å². The summed E-state index contributed by atoms with van der Waals surface area (Å²) in [6, 6.07) is 4.52. The summed E-state index contributed by atoms with van der Waals surface area (Å²) in [5.74, 6) is 0.207. The molecule has 1 N–H and O–H groups in total. The van der Waals surface area contributed by atoms with E-state index in [0.29, 0.717) is 11.0 Å². The van der Waals surface area contributed by atoms with Crippen LogP contribution in [0, 0.1) is 12.8 Å². The summed E-state index contributed by atoms with van der Waals surface area (Å²) in [4.78, 5) is 0. The van der Waals surface area contributed by atoms with Gasteiger partial charge in [0.2, 0.25) is 0 Å². The minimum Gasteiger partial charge on any atom is -0.435 e. The van der Waals surface area contributed by atoms with Gasteiger partial charge in [0, 0.05) is 0 Å². The number of benzene rings is 1. The van der Waals surface area contributed by atoms with E-state index in [2.05, 4.69) is 4.74 Å². The summed E-state index contributed by atoms with van der Waals surface area (Å²) in [7, 11) is -1.19. The first kappa shape index (κ1) is 16.9. The summed E-state index contributed by atoms with van der Waals surface area (Å²) in [5, 5.41) is 10.1. The number of alkyl halides is 2. The first-order valence-electron chi connectivity index (χ1n) is 6.54. The average Bonchev–Trinajstić information content (AvgIpc) is 2.26. The van der Waals surface area contributed by atoms with E-state index in [0.717, 1.165) is 0 Å². The van der Waals surface area contributed by atoms with Crippen LogP contribution in [0.5, 0.6) is 5.75 Å². The molecule has 0 heterocycles. The quantitative estimate of drug-likeness (QED) is 0.817. The molecule has 1 aromatic carbocycles. The molecule has 0 saturated carbocycles. The highest BCUT2D eigenvalue weighted by atomic mass is 19.3. The molecule has 0 saturated heterocycles. The normalized spacial score (nSPS) is 12.1. The van der Waals surface area contributed by atoms with E-state index in [9.17, 15) is 13.8 Å². The van der Waals surface area contributed by atoms with Crippen LogP contribution < -0.4 is 10.2 Å². The number of hydrogen-bond acceptors (Lipinski definition) is 3. The van der Waals surface area contributed by atoms with Gasteiger partial charge in [-0.3, -0.25) is 0 Å². The molecule has 6 heteroatoms. The van der Waals surface area contributed by atoms with Crippen LogP contribution >= 0.6 is 0 Å². The van der Waals surface area contributed by atoms with Crippen molar-refractivity contribution in [3.63, 3.8) is 0 Å². The third-order valence-corrected chi connectivity index (χ3v) is 3.39. The second-order valence-electron chi connectivity index (χ2n) is 5.69. The van der Waals surface area contributed by atoms with Crippen LogP contribution in [0.4, 0.5) is 8.78 Å². The van der Waals surface area contributed by atoms with Crippen molar-refractivity contribution in [1.82, 2.24) is 0 Å². The molecule has 0 amide bonds. The molecule has 0 aliphatic heterocycles. The zero-order chi connectivity index (χ0) is 15.5. The van der Waals surface area contributed by atoms with Crippen molar-refractivity contribution in [3.8, 4) is 5.75 Å². The molecule has 0 aromatic heterocycles. The fourth-order valence-corrected chi connectivity index (χ4v) is 1.58. The second-order valence-corrected chi connectivity index (χ2v) is 5.69. The van der Waals surface area contributed by atoms with Crippen molar-refractivity contribution >= 4 is 12.6 Å². The molecular weight excluding hydrogens is 265 g/mol. The summed E-state index contributed by atoms with van der Waals surface area (Å²) in [6.07, 6.45) is 0. The number of hydrogen-bond donors (Lipinski definition) is 1. The Bertz CT molecular complexity index is 450. The fraction of sp³-hybridized carbons (Fsp3) is 0.571. The monoisotopic (exact) mass is 286 g/mol. The highest BCUT2D eigenvalue weighted by Crippen LogP contribution is 2.21. The van der Waals surface area contributed by atoms with Gasteiger partial charge in [0.1, 0.15) is 5.75 Å². The van der Waals surface area contributed by atoms with Crippen LogP contribution in [0.25, 0.3) is 0 Å². The van der Waals surface area contributed by atoms with Gasteiger partial charge in [-0.1, -0.05) is 19.9 Å². The fourth-order valence-electron chi connectivity index (χ4n) is 1.58. The molecule has 112 valence electrons. The van der Waals surface area contributed by atoms with Crippen molar-refractivity contribution in [2.45, 2.75) is 46.8 Å². The van der Waals surface area contributed by atoms with Crippen LogP contribution in [0.15, 0.2) is 18.2 Å². The van der Waals surface area contributed by atoms with Crippen LogP contribution in [0.1, 0.15) is 33.3 Å². The van der Waals surface area contributed by atoms with E-state index < -0.39 is 19.3 Å². The van der Waals surface area contributed by atoms with Gasteiger partial charge in [0.25, 0.3) is 0 Å². The highest BCUT2D eigenvalue weighted by molar-refractivity contribution is 6.60. The maximum atomic E-state index is 12.2. The maximum Gasteiger partial charge on any atom is 0.491 e. The molecule has 1 aromatic rings. The van der Waals surface area contributed by atoms with E-state index in [-0.39, 0.29) is 11.7 Å². The Morgan fingerprint density at radius 1 is 1.20 bits per heavy atom. The Hall–Kier alpha value is -1.14. The zero-order valence-electron chi connectivity index (χ0n) is 12.5. The Kier molecular flexibility index (Phi) is 5.54. The van der Waals surface area contributed by atoms with Gasteiger partial charge < -0.3 is 14.4 Å². The summed E-state index contributed by atoms with van der Waals surface area (Å²) in [6.45, 7) is 6.54. The van der Waals surface area contributed by atoms with Crippen molar-refractivity contribution in [3.05, 3.63) is 23.8 Å². The van der Waals surface area contributed by atoms with Crippen molar-refractivity contribution in [1.29, 1.82) is 0 Å². The summed E-state index contributed by atoms with van der Waals surface area (Å²) < 4.78 is 34.5. The van der Waals surface area contributed by atoms with E-state index in [1.165, 1.54) is 12.1 Å². The molecule has 1 rings (SSSR count). The first-order valence-corrected chi connectivity index (χ1v) is 6.54. The molecule has 0 radical (unpaired) electrons. The van der Waals surface area contributed by atoms with E-state index in [4.69, 9.17) is 4.65 Å². The van der Waals surface area contributed by atoms with Crippen molar-refractivity contribution in [2.24, 2.45) is 5.92 Å². The molecule has 0 bridgehead atoms. The van der Waals surface area contributed by atoms with E-state index in [1.807, 2.05) is 27.7 Å². The largest absolute Gasteiger partial charge is 0.491 e. The Labute approximate surface area is 119 Å². The maximum absolute atomic E-state index is 12.2. The number of ether oxygens (including phenoxy) is 1. The molecule has 0 aliphatic rings. The van der Waals surface area contributed by atoms with Gasteiger partial charge in [-0.2, -0.15) is 8.78 Å². The lowest BCUT2D eigenvalue weighted by Gasteiger charge is -2.31. The van der Waals surface area contributed by atoms with Gasteiger partial charge in [0.15, 0.2) is 0 Å². The lowest BCUT2D eigenvalue weighted by Crippen LogP contribution is -2.44. The second kappa shape index (κ2) is 6.54. The Balaban J connectivity index is 2.92. The van der Waals surface area contributed by atoms with E-state index >= 15 is 0 Å². The van der Waals surface area contributed by atoms with Crippen LogP contribution in [0.3, 0.4) is 0 Å². The van der Waals surface area contributed by atoms with E-state index in [1.54, 1.807) is 13.0 Å². The molecule has 3 nitrogen and oxygen atoms in total. The standard InChI is InChI=1S/C14H21BF2O3/c1-9(2)14(4,5)20-15(18)11-6-10(3)7-12(8-11)19-13(16)17/h6-9,13,18H,1-5H3. The summed E-state index contributed by atoms with van der Waals surface area (Å²) in [5.41, 5.74) is 0.574. The third kappa shape index (κ3) is 4.76. The van der Waals surface area contributed by atoms with Gasteiger partial charge >= 0.3 is 13.7 Å². The van der Waals surface area contributed by atoms with Crippen LogP contribution in [-0.2, 0) is 4.65 Å². The molecule has 0 aliphatic carbocycles. The molecule has 0 fully saturated rings. The molecule has 0 unspecified atom stereocenters. The van der Waals surface area contributed by atoms with Crippen molar-refractivity contribution in [2.75, 3.05) is 0 Å². The minimum absolute atomic E-state index is 0.0139. The number of aryl methyl sites for hydroxylation is 1. The molecule has 0 spiro atoms. The number of halogens is 2. The smallest absolute Gasteiger partial charge is 0.435 e. The molecule has 0 atom stereocenters. The highest BCUT2D eigenvalue weighted by Gasteiger charge is 2.30.